The maximum absolute atomic E-state index is 12.7. The van der Waals surface area contributed by atoms with Crippen LogP contribution in [0.15, 0.2) is 47.5 Å². The van der Waals surface area contributed by atoms with Crippen molar-refractivity contribution in [2.75, 3.05) is 18.4 Å². The van der Waals surface area contributed by atoms with Gasteiger partial charge < -0.3 is 5.32 Å². The number of halogens is 2. The second-order valence-electron chi connectivity index (χ2n) is 5.97. The molecule has 0 radical (unpaired) electrons. The molecule has 1 aromatic carbocycles. The molecule has 0 saturated carbocycles. The minimum Gasteiger partial charge on any atom is -0.326 e. The molecule has 0 spiro atoms. The van der Waals surface area contributed by atoms with Crippen molar-refractivity contribution < 1.29 is 13.2 Å². The molecule has 1 saturated heterocycles. The summed E-state index contributed by atoms with van der Waals surface area (Å²) >= 11 is 11.7. The zero-order chi connectivity index (χ0) is 18.7. The fourth-order valence-corrected chi connectivity index (χ4v) is 4.86. The predicted molar refractivity (Wildman–Crippen MR) is 101 cm³/mol. The van der Waals surface area contributed by atoms with Crippen molar-refractivity contribution in [3.05, 3.63) is 52.8 Å². The van der Waals surface area contributed by atoms with Crippen LogP contribution in [0.2, 0.25) is 10.2 Å². The largest absolute Gasteiger partial charge is 0.326 e. The molecule has 3 rings (SSSR count). The van der Waals surface area contributed by atoms with Gasteiger partial charge in [-0.1, -0.05) is 23.2 Å². The summed E-state index contributed by atoms with van der Waals surface area (Å²) in [5.74, 6) is -0.370. The topological polar surface area (TPSA) is 79.4 Å². The Morgan fingerprint density at radius 2 is 1.77 bits per heavy atom. The monoisotopic (exact) mass is 413 g/mol. The van der Waals surface area contributed by atoms with Gasteiger partial charge in [0.2, 0.25) is 15.9 Å². The van der Waals surface area contributed by atoms with Gasteiger partial charge in [-0.3, -0.25) is 4.79 Å². The molecule has 1 aromatic heterocycles. The zero-order valence-corrected chi connectivity index (χ0v) is 16.1. The highest BCUT2D eigenvalue weighted by Gasteiger charge is 2.33. The summed E-state index contributed by atoms with van der Waals surface area (Å²) in [5.41, 5.74) is 0.664. The molecule has 9 heteroatoms. The van der Waals surface area contributed by atoms with Crippen LogP contribution in [0, 0.1) is 5.92 Å². The number of benzene rings is 1. The second-order valence-corrected chi connectivity index (χ2v) is 8.67. The molecule has 0 unspecified atom stereocenters. The van der Waals surface area contributed by atoms with Gasteiger partial charge in [0.1, 0.15) is 10.0 Å². The number of amides is 1. The van der Waals surface area contributed by atoms with E-state index in [4.69, 9.17) is 23.2 Å². The van der Waals surface area contributed by atoms with E-state index in [9.17, 15) is 13.2 Å². The van der Waals surface area contributed by atoms with Crippen LogP contribution >= 0.6 is 23.2 Å². The van der Waals surface area contributed by atoms with Gasteiger partial charge in [0.05, 0.1) is 0 Å². The molecule has 26 heavy (non-hydrogen) atoms. The maximum Gasteiger partial charge on any atom is 0.246 e. The molecule has 6 nitrogen and oxygen atoms in total. The van der Waals surface area contributed by atoms with Gasteiger partial charge in [-0.05, 0) is 49.2 Å². The van der Waals surface area contributed by atoms with Gasteiger partial charge in [0.15, 0.2) is 0 Å². The van der Waals surface area contributed by atoms with Gasteiger partial charge in [0.25, 0.3) is 0 Å². The molecule has 0 bridgehead atoms. The van der Waals surface area contributed by atoms with Crippen LogP contribution in [0.1, 0.15) is 12.8 Å². The van der Waals surface area contributed by atoms with E-state index in [0.717, 1.165) is 0 Å². The molecule has 1 fully saturated rings. The SMILES string of the molecule is O=C(Nc1ccc(Cl)cc1)C1CCN(S(=O)(=O)c2cccnc2Cl)CC1. The average molecular weight is 414 g/mol. The van der Waals surface area contributed by atoms with Crippen LogP contribution in [-0.2, 0) is 14.8 Å². The summed E-state index contributed by atoms with van der Waals surface area (Å²) < 4.78 is 26.7. The number of carbonyl (C=O) groups excluding carboxylic acids is 1. The quantitative estimate of drug-likeness (QED) is 0.778. The molecule has 1 aliphatic rings. The number of hydrogen-bond acceptors (Lipinski definition) is 4. The highest BCUT2D eigenvalue weighted by molar-refractivity contribution is 7.89. The summed E-state index contributed by atoms with van der Waals surface area (Å²) in [6.45, 7) is 0.512. The van der Waals surface area contributed by atoms with Crippen LogP contribution < -0.4 is 5.32 Å². The summed E-state index contributed by atoms with van der Waals surface area (Å²) in [5, 5.41) is 3.38. The molecule has 1 amide bonds. The number of anilines is 1. The Bertz CT molecular complexity index is 896. The van der Waals surface area contributed by atoms with E-state index in [1.807, 2.05) is 0 Å². The molecule has 1 N–H and O–H groups in total. The number of nitrogens with zero attached hydrogens (tertiary/aromatic N) is 2. The highest BCUT2D eigenvalue weighted by atomic mass is 35.5. The first-order valence-corrected chi connectivity index (χ1v) is 10.2. The fraction of sp³-hybridized carbons (Fsp3) is 0.294. The lowest BCUT2D eigenvalue weighted by Crippen LogP contribution is -2.41. The minimum absolute atomic E-state index is 0.00858. The first-order valence-electron chi connectivity index (χ1n) is 8.05. The number of nitrogens with one attached hydrogen (secondary N) is 1. The summed E-state index contributed by atoms with van der Waals surface area (Å²) in [6, 6.07) is 9.82. The average Bonchev–Trinajstić information content (AvgIpc) is 2.64. The van der Waals surface area contributed by atoms with E-state index in [2.05, 4.69) is 10.3 Å². The molecule has 0 aliphatic carbocycles. The normalized spacial score (nSPS) is 16.4. The van der Waals surface area contributed by atoms with Gasteiger partial charge >= 0.3 is 0 Å². The van der Waals surface area contributed by atoms with Crippen molar-refractivity contribution in [3.8, 4) is 0 Å². The first-order chi connectivity index (χ1) is 12.4. The predicted octanol–water partition coefficient (Wildman–Crippen LogP) is 3.43. The third kappa shape index (κ3) is 4.17. The van der Waals surface area contributed by atoms with E-state index in [-0.39, 0.29) is 35.0 Å². The summed E-state index contributed by atoms with van der Waals surface area (Å²) in [4.78, 5) is 16.2. The molecule has 0 atom stereocenters. The minimum atomic E-state index is -3.71. The number of piperidine rings is 1. The lowest BCUT2D eigenvalue weighted by molar-refractivity contribution is -0.120. The molecular weight excluding hydrogens is 397 g/mol. The summed E-state index contributed by atoms with van der Waals surface area (Å²) in [7, 11) is -3.71. The van der Waals surface area contributed by atoms with Crippen LogP contribution in [0.3, 0.4) is 0 Å². The number of sulfonamides is 1. The number of pyridine rings is 1. The molecular formula is C17H17Cl2N3O3S. The van der Waals surface area contributed by atoms with Crippen molar-refractivity contribution >= 4 is 44.8 Å². The Morgan fingerprint density at radius 1 is 1.12 bits per heavy atom. The standard InChI is InChI=1S/C17H17Cl2N3O3S/c18-13-3-5-14(6-4-13)21-17(23)12-7-10-22(11-8-12)26(24,25)15-2-1-9-20-16(15)19/h1-6,9,12H,7-8,10-11H2,(H,21,23). The van der Waals surface area contributed by atoms with Crippen molar-refractivity contribution in [2.45, 2.75) is 17.7 Å². The van der Waals surface area contributed by atoms with Gasteiger partial charge in [-0.25, -0.2) is 13.4 Å². The lowest BCUT2D eigenvalue weighted by atomic mass is 9.97. The summed E-state index contributed by atoms with van der Waals surface area (Å²) in [6.07, 6.45) is 2.32. The van der Waals surface area contributed by atoms with Gasteiger partial charge in [-0.15, -0.1) is 0 Å². The molecule has 138 valence electrons. The Labute approximate surface area is 162 Å². The Balaban J connectivity index is 1.62. The smallest absolute Gasteiger partial charge is 0.246 e. The van der Waals surface area contributed by atoms with E-state index in [1.165, 1.54) is 22.6 Å². The van der Waals surface area contributed by atoms with Crippen LogP contribution in [-0.4, -0.2) is 36.7 Å². The Morgan fingerprint density at radius 3 is 2.38 bits per heavy atom. The highest BCUT2D eigenvalue weighted by Crippen LogP contribution is 2.27. The third-order valence-corrected chi connectivity index (χ3v) is 6.87. The van der Waals surface area contributed by atoms with Crippen molar-refractivity contribution in [2.24, 2.45) is 5.92 Å². The zero-order valence-electron chi connectivity index (χ0n) is 13.7. The first kappa shape index (κ1) is 19.1. The number of rotatable bonds is 4. The Kier molecular flexibility index (Phi) is 5.82. The van der Waals surface area contributed by atoms with Crippen LogP contribution in [0.25, 0.3) is 0 Å². The number of aromatic nitrogens is 1. The Hall–Kier alpha value is -1.67. The van der Waals surface area contributed by atoms with E-state index < -0.39 is 10.0 Å². The van der Waals surface area contributed by atoms with E-state index >= 15 is 0 Å². The fourth-order valence-electron chi connectivity index (χ4n) is 2.84. The van der Waals surface area contributed by atoms with E-state index in [0.29, 0.717) is 23.6 Å². The van der Waals surface area contributed by atoms with Crippen LogP contribution in [0.5, 0.6) is 0 Å². The van der Waals surface area contributed by atoms with Crippen LogP contribution in [0.4, 0.5) is 5.69 Å². The molecule has 1 aliphatic heterocycles. The second kappa shape index (κ2) is 7.92. The maximum atomic E-state index is 12.7. The van der Waals surface area contributed by atoms with Crippen molar-refractivity contribution in [3.63, 3.8) is 0 Å². The third-order valence-electron chi connectivity index (χ3n) is 4.28. The number of carbonyl (C=O) groups is 1. The number of hydrogen-bond donors (Lipinski definition) is 1. The van der Waals surface area contributed by atoms with Crippen molar-refractivity contribution in [1.82, 2.24) is 9.29 Å². The van der Waals surface area contributed by atoms with Gasteiger partial charge in [0, 0.05) is 35.9 Å². The van der Waals surface area contributed by atoms with Crippen molar-refractivity contribution in [1.29, 1.82) is 0 Å². The molecule has 2 aromatic rings. The van der Waals surface area contributed by atoms with Gasteiger partial charge in [-0.2, -0.15) is 4.31 Å². The van der Waals surface area contributed by atoms with E-state index in [1.54, 1.807) is 24.3 Å². The molecule has 2 heterocycles. The lowest BCUT2D eigenvalue weighted by Gasteiger charge is -2.30.